The van der Waals surface area contributed by atoms with E-state index in [-0.39, 0.29) is 5.91 Å². The van der Waals surface area contributed by atoms with Crippen LogP contribution in [0.1, 0.15) is 25.3 Å². The summed E-state index contributed by atoms with van der Waals surface area (Å²) in [5.74, 6) is 0.0173. The third-order valence-electron chi connectivity index (χ3n) is 3.66. The molecule has 1 amide bonds. The van der Waals surface area contributed by atoms with Crippen molar-refractivity contribution in [2.75, 3.05) is 13.6 Å². The van der Waals surface area contributed by atoms with Gasteiger partial charge in [0.25, 0.3) is 0 Å². The number of hydrogen-bond donors (Lipinski definition) is 2. The molecule has 0 aliphatic carbocycles. The fraction of sp³-hybridized carbons (Fsp3) is 0.438. The summed E-state index contributed by atoms with van der Waals surface area (Å²) in [7, 11) is 1.83. The van der Waals surface area contributed by atoms with Gasteiger partial charge in [-0.2, -0.15) is 0 Å². The average molecular weight is 273 g/mol. The Morgan fingerprint density at radius 2 is 2.15 bits per heavy atom. The molecule has 0 fully saturated rings. The van der Waals surface area contributed by atoms with E-state index < -0.39 is 6.04 Å². The summed E-state index contributed by atoms with van der Waals surface area (Å²) < 4.78 is 0. The fourth-order valence-electron chi connectivity index (χ4n) is 2.41. The molecule has 0 aliphatic heterocycles. The Balaban J connectivity index is 2.03. The zero-order valence-corrected chi connectivity index (χ0v) is 12.2. The van der Waals surface area contributed by atoms with Crippen LogP contribution in [0.5, 0.6) is 0 Å². The van der Waals surface area contributed by atoms with Gasteiger partial charge in [-0.1, -0.05) is 31.5 Å². The van der Waals surface area contributed by atoms with Crippen LogP contribution >= 0.6 is 0 Å². The van der Waals surface area contributed by atoms with Crippen LogP contribution in [0, 0.1) is 0 Å². The molecule has 0 radical (unpaired) electrons. The topological polar surface area (TPSA) is 62.1 Å². The molecule has 4 heteroatoms. The normalized spacial score (nSPS) is 12.6. The molecule has 1 heterocycles. The third kappa shape index (κ3) is 3.20. The summed E-state index contributed by atoms with van der Waals surface area (Å²) >= 11 is 0. The van der Waals surface area contributed by atoms with Crippen LogP contribution in [0.2, 0.25) is 0 Å². The minimum atomic E-state index is -0.476. The zero-order chi connectivity index (χ0) is 14.5. The maximum absolute atomic E-state index is 12.2. The number of H-pyrrole nitrogens is 1. The quantitative estimate of drug-likeness (QED) is 0.848. The monoisotopic (exact) mass is 273 g/mol. The molecule has 0 unspecified atom stereocenters. The second kappa shape index (κ2) is 6.57. The number of carbonyl (C=O) groups excluding carboxylic acids is 1. The second-order valence-electron chi connectivity index (χ2n) is 5.28. The molecule has 0 aliphatic rings. The van der Waals surface area contributed by atoms with Crippen LogP contribution in [0.25, 0.3) is 10.9 Å². The zero-order valence-electron chi connectivity index (χ0n) is 12.2. The van der Waals surface area contributed by atoms with E-state index >= 15 is 0 Å². The van der Waals surface area contributed by atoms with Crippen LogP contribution in [-0.4, -0.2) is 35.4 Å². The van der Waals surface area contributed by atoms with Crippen LogP contribution in [0.4, 0.5) is 0 Å². The number of hydrogen-bond acceptors (Lipinski definition) is 2. The third-order valence-corrected chi connectivity index (χ3v) is 3.66. The lowest BCUT2D eigenvalue weighted by Crippen LogP contribution is -2.43. The Morgan fingerprint density at radius 3 is 2.90 bits per heavy atom. The van der Waals surface area contributed by atoms with Crippen LogP contribution in [0.3, 0.4) is 0 Å². The number of rotatable bonds is 6. The van der Waals surface area contributed by atoms with E-state index in [0.717, 1.165) is 35.9 Å². The van der Waals surface area contributed by atoms with Gasteiger partial charge in [0.05, 0.1) is 6.04 Å². The van der Waals surface area contributed by atoms with Gasteiger partial charge < -0.3 is 15.6 Å². The van der Waals surface area contributed by atoms with Gasteiger partial charge >= 0.3 is 0 Å². The van der Waals surface area contributed by atoms with Gasteiger partial charge in [-0.15, -0.1) is 0 Å². The van der Waals surface area contributed by atoms with E-state index in [9.17, 15) is 4.79 Å². The predicted molar refractivity (Wildman–Crippen MR) is 82.5 cm³/mol. The van der Waals surface area contributed by atoms with Crippen LogP contribution in [0.15, 0.2) is 30.5 Å². The number of unbranched alkanes of at least 4 members (excludes halogenated alkanes) is 1. The van der Waals surface area contributed by atoms with Crippen LogP contribution in [-0.2, 0) is 11.2 Å². The average Bonchev–Trinajstić information content (AvgIpc) is 2.87. The Hall–Kier alpha value is -1.81. The molecule has 20 heavy (non-hydrogen) atoms. The van der Waals surface area contributed by atoms with Crippen molar-refractivity contribution in [3.8, 4) is 0 Å². The number of amides is 1. The number of fused-ring (bicyclic) bond motifs is 1. The first-order valence-electron chi connectivity index (χ1n) is 7.19. The van der Waals surface area contributed by atoms with Gasteiger partial charge in [0, 0.05) is 30.7 Å². The summed E-state index contributed by atoms with van der Waals surface area (Å²) in [5, 5.41) is 1.15. The van der Waals surface area contributed by atoms with Crippen molar-refractivity contribution in [2.24, 2.45) is 5.73 Å². The van der Waals surface area contributed by atoms with E-state index in [1.54, 1.807) is 4.90 Å². The lowest BCUT2D eigenvalue weighted by atomic mass is 10.0. The minimum Gasteiger partial charge on any atom is -0.361 e. The van der Waals surface area contributed by atoms with Gasteiger partial charge in [0.2, 0.25) is 5.91 Å². The Kier molecular flexibility index (Phi) is 4.79. The first-order chi connectivity index (χ1) is 9.63. The van der Waals surface area contributed by atoms with E-state index in [1.807, 2.05) is 31.4 Å². The Bertz CT molecular complexity index is 576. The maximum atomic E-state index is 12.2. The highest BCUT2D eigenvalue weighted by Gasteiger charge is 2.19. The standard InChI is InChI=1S/C16H23N3O/c1-3-4-9-19(2)16(20)14(17)10-12-11-18-15-8-6-5-7-13(12)15/h5-8,11,14,18H,3-4,9-10,17H2,1-2H3/t14-/m0/s1. The number of nitrogens with zero attached hydrogens (tertiary/aromatic N) is 1. The number of carbonyl (C=O) groups is 1. The largest absolute Gasteiger partial charge is 0.361 e. The smallest absolute Gasteiger partial charge is 0.239 e. The molecule has 1 atom stereocenters. The van der Waals surface area contributed by atoms with Crippen LogP contribution < -0.4 is 5.73 Å². The highest BCUT2D eigenvalue weighted by atomic mass is 16.2. The van der Waals surface area contributed by atoms with Crippen molar-refractivity contribution in [3.63, 3.8) is 0 Å². The van der Waals surface area contributed by atoms with Gasteiger partial charge in [0.1, 0.15) is 0 Å². The predicted octanol–water partition coefficient (Wildman–Crippen LogP) is 2.30. The van der Waals surface area contributed by atoms with E-state index in [4.69, 9.17) is 5.73 Å². The van der Waals surface area contributed by atoms with E-state index in [1.165, 1.54) is 0 Å². The molecule has 2 rings (SSSR count). The van der Waals surface area contributed by atoms with E-state index in [2.05, 4.69) is 18.0 Å². The van der Waals surface area contributed by atoms with Crippen molar-refractivity contribution in [3.05, 3.63) is 36.0 Å². The Morgan fingerprint density at radius 1 is 1.40 bits per heavy atom. The molecule has 0 bridgehead atoms. The highest BCUT2D eigenvalue weighted by Crippen LogP contribution is 2.19. The maximum Gasteiger partial charge on any atom is 0.239 e. The van der Waals surface area contributed by atoms with Crippen molar-refractivity contribution in [2.45, 2.75) is 32.2 Å². The molecule has 0 spiro atoms. The number of nitrogens with two attached hydrogens (primary N) is 1. The number of aromatic amines is 1. The fourth-order valence-corrected chi connectivity index (χ4v) is 2.41. The van der Waals surface area contributed by atoms with E-state index in [0.29, 0.717) is 6.42 Å². The summed E-state index contributed by atoms with van der Waals surface area (Å²) in [6.45, 7) is 2.89. The van der Waals surface area contributed by atoms with Gasteiger partial charge in [-0.25, -0.2) is 0 Å². The van der Waals surface area contributed by atoms with Crippen molar-refractivity contribution >= 4 is 16.8 Å². The van der Waals surface area contributed by atoms with Crippen molar-refractivity contribution < 1.29 is 4.79 Å². The minimum absolute atomic E-state index is 0.0173. The number of aromatic nitrogens is 1. The second-order valence-corrected chi connectivity index (χ2v) is 5.28. The summed E-state index contributed by atoms with van der Waals surface area (Å²) in [4.78, 5) is 17.2. The summed E-state index contributed by atoms with van der Waals surface area (Å²) in [6.07, 6.45) is 4.61. The molecular weight excluding hydrogens is 250 g/mol. The van der Waals surface area contributed by atoms with Crippen molar-refractivity contribution in [1.82, 2.24) is 9.88 Å². The summed E-state index contributed by atoms with van der Waals surface area (Å²) in [5.41, 5.74) is 8.25. The number of nitrogens with one attached hydrogen (secondary N) is 1. The molecule has 108 valence electrons. The molecular formula is C16H23N3O. The van der Waals surface area contributed by atoms with Gasteiger partial charge in [0.15, 0.2) is 0 Å². The lowest BCUT2D eigenvalue weighted by Gasteiger charge is -2.21. The summed E-state index contributed by atoms with van der Waals surface area (Å²) in [6, 6.07) is 7.60. The van der Waals surface area contributed by atoms with Crippen molar-refractivity contribution in [1.29, 1.82) is 0 Å². The highest BCUT2D eigenvalue weighted by molar-refractivity contribution is 5.86. The Labute approximate surface area is 120 Å². The SMILES string of the molecule is CCCCN(C)C(=O)[C@@H](N)Cc1c[nH]c2ccccc12. The number of benzene rings is 1. The molecule has 0 saturated heterocycles. The molecule has 1 aromatic carbocycles. The molecule has 0 saturated carbocycles. The number of likely N-dealkylation sites (N-methyl/N-ethyl adjacent to an activating group) is 1. The molecule has 2 aromatic rings. The first-order valence-corrected chi connectivity index (χ1v) is 7.19. The molecule has 4 nitrogen and oxygen atoms in total. The van der Waals surface area contributed by atoms with Gasteiger partial charge in [-0.3, -0.25) is 4.79 Å². The lowest BCUT2D eigenvalue weighted by molar-refractivity contribution is -0.131. The number of para-hydroxylation sites is 1. The first kappa shape index (κ1) is 14.6. The molecule has 3 N–H and O–H groups in total. The van der Waals surface area contributed by atoms with Gasteiger partial charge in [-0.05, 0) is 24.5 Å². The molecule has 1 aromatic heterocycles.